The number of ether oxygens (including phenoxy) is 4. The van der Waals surface area contributed by atoms with Crippen molar-refractivity contribution in [1.82, 2.24) is 0 Å². The third-order valence-electron chi connectivity index (χ3n) is 5.57. The number of methoxy groups -OCH3 is 2. The van der Waals surface area contributed by atoms with Gasteiger partial charge in [0.15, 0.2) is 35.7 Å². The summed E-state index contributed by atoms with van der Waals surface area (Å²) in [4.78, 5) is 11.8. The molecule has 5 rings (SSSR count). The van der Waals surface area contributed by atoms with Crippen LogP contribution < -0.4 is 23.5 Å². The van der Waals surface area contributed by atoms with Crippen LogP contribution in [0.2, 0.25) is 0 Å². The molecule has 7 heteroatoms. The summed E-state index contributed by atoms with van der Waals surface area (Å²) < 4.78 is 24.2. The molecule has 0 aliphatic carbocycles. The maximum atomic E-state index is 11.8. The number of benzene rings is 2. The number of nitrogens with zero attached hydrogens (tertiary/aromatic N) is 1. The van der Waals surface area contributed by atoms with E-state index in [-0.39, 0.29) is 13.2 Å². The lowest BCUT2D eigenvalue weighted by molar-refractivity contribution is -0.686. The second kappa shape index (κ2) is 6.55. The Balaban J connectivity index is 1.85. The lowest BCUT2D eigenvalue weighted by atomic mass is 9.90. The monoisotopic (exact) mass is 394 g/mol. The number of fused-ring (bicyclic) bond motifs is 5. The molecule has 0 atom stereocenters. The first-order chi connectivity index (χ1) is 14.1. The summed E-state index contributed by atoms with van der Waals surface area (Å²) in [6, 6.07) is 7.68. The summed E-state index contributed by atoms with van der Waals surface area (Å²) in [5, 5.41) is 11.3. The maximum absolute atomic E-state index is 11.8. The Morgan fingerprint density at radius 3 is 2.66 bits per heavy atom. The molecule has 2 aliphatic heterocycles. The van der Waals surface area contributed by atoms with E-state index in [1.165, 1.54) is 0 Å². The van der Waals surface area contributed by atoms with Gasteiger partial charge < -0.3 is 24.1 Å². The zero-order chi connectivity index (χ0) is 20.1. The topological polar surface area (TPSA) is 78.1 Å². The van der Waals surface area contributed by atoms with Gasteiger partial charge in [0.25, 0.3) is 0 Å². The van der Waals surface area contributed by atoms with Crippen LogP contribution in [0.3, 0.4) is 0 Å². The van der Waals surface area contributed by atoms with Crippen LogP contribution in [0.5, 0.6) is 23.0 Å². The van der Waals surface area contributed by atoms with Crippen LogP contribution in [0.15, 0.2) is 30.5 Å². The number of rotatable bonds is 4. The van der Waals surface area contributed by atoms with E-state index in [4.69, 9.17) is 18.9 Å². The molecular weight excluding hydrogens is 374 g/mol. The largest absolute Gasteiger partial charge is 0.493 e. The Bertz CT molecular complexity index is 1170. The van der Waals surface area contributed by atoms with Crippen LogP contribution >= 0.6 is 0 Å². The molecule has 1 aromatic heterocycles. The quantitative estimate of drug-likeness (QED) is 0.686. The third kappa shape index (κ3) is 2.65. The molecule has 0 fully saturated rings. The minimum absolute atomic E-state index is 0.101. The third-order valence-corrected chi connectivity index (χ3v) is 5.57. The molecule has 0 radical (unpaired) electrons. The first-order valence-corrected chi connectivity index (χ1v) is 9.35. The second-order valence-electron chi connectivity index (χ2n) is 7.10. The normalized spacial score (nSPS) is 13.7. The molecule has 2 aliphatic rings. The first-order valence-electron chi connectivity index (χ1n) is 9.35. The Morgan fingerprint density at radius 2 is 1.93 bits per heavy atom. The highest BCUT2D eigenvalue weighted by molar-refractivity contribution is 5.97. The van der Waals surface area contributed by atoms with Gasteiger partial charge in [-0.2, -0.15) is 4.57 Å². The van der Waals surface area contributed by atoms with Crippen molar-refractivity contribution in [3.05, 3.63) is 41.6 Å². The van der Waals surface area contributed by atoms with Gasteiger partial charge in [-0.05, 0) is 29.8 Å². The SMILES string of the molecule is COc1ccc2c(CC(=O)O)c3[n+](cc2c1OC)CCc1cc2c(cc1-3)OCO2. The van der Waals surface area contributed by atoms with Gasteiger partial charge in [-0.3, -0.25) is 4.79 Å². The molecule has 0 amide bonds. The standard InChI is InChI=1S/C22H19NO6/c1-26-17-4-3-13-15(9-20(24)25)21-14-8-19-18(28-11-29-19)7-12(14)5-6-23(21)10-16(13)22(17)27-2/h3-4,7-8,10H,5-6,9,11H2,1-2H3/p+1. The molecule has 148 valence electrons. The van der Waals surface area contributed by atoms with Gasteiger partial charge in [0.1, 0.15) is 0 Å². The number of pyridine rings is 1. The van der Waals surface area contributed by atoms with E-state index in [1.807, 2.05) is 30.5 Å². The van der Waals surface area contributed by atoms with E-state index >= 15 is 0 Å². The Kier molecular flexibility index (Phi) is 3.97. The van der Waals surface area contributed by atoms with Crippen LogP contribution in [-0.4, -0.2) is 32.1 Å². The lowest BCUT2D eigenvalue weighted by Crippen LogP contribution is -2.41. The molecule has 0 saturated carbocycles. The van der Waals surface area contributed by atoms with Crippen LogP contribution in [-0.2, 0) is 24.2 Å². The molecule has 3 heterocycles. The van der Waals surface area contributed by atoms with Crippen molar-refractivity contribution in [3.63, 3.8) is 0 Å². The van der Waals surface area contributed by atoms with Crippen molar-refractivity contribution in [1.29, 1.82) is 0 Å². The van der Waals surface area contributed by atoms with Crippen LogP contribution in [0.4, 0.5) is 0 Å². The molecular formula is C22H20NO6+. The summed E-state index contributed by atoms with van der Waals surface area (Å²) in [6.45, 7) is 0.930. The van der Waals surface area contributed by atoms with Crippen LogP contribution in [0, 0.1) is 0 Å². The van der Waals surface area contributed by atoms with E-state index < -0.39 is 5.97 Å². The van der Waals surface area contributed by atoms with Gasteiger partial charge in [-0.15, -0.1) is 0 Å². The number of carbonyl (C=O) groups is 1. The van der Waals surface area contributed by atoms with Crippen molar-refractivity contribution in [2.75, 3.05) is 21.0 Å². The minimum Gasteiger partial charge on any atom is -0.493 e. The highest BCUT2D eigenvalue weighted by Crippen LogP contribution is 2.43. The number of aromatic nitrogens is 1. The van der Waals surface area contributed by atoms with Gasteiger partial charge in [-0.1, -0.05) is 0 Å². The predicted molar refractivity (Wildman–Crippen MR) is 104 cm³/mol. The molecule has 0 bridgehead atoms. The summed E-state index contributed by atoms with van der Waals surface area (Å²) in [5.74, 6) is 1.75. The van der Waals surface area contributed by atoms with Crippen molar-refractivity contribution in [3.8, 4) is 34.3 Å². The number of carboxylic acid groups (broad SMARTS) is 1. The van der Waals surface area contributed by atoms with Gasteiger partial charge in [0.2, 0.25) is 12.5 Å². The Morgan fingerprint density at radius 1 is 1.14 bits per heavy atom. The zero-order valence-electron chi connectivity index (χ0n) is 16.2. The molecule has 2 aromatic carbocycles. The summed E-state index contributed by atoms with van der Waals surface area (Å²) in [5.41, 5.74) is 3.75. The minimum atomic E-state index is -0.886. The zero-order valence-corrected chi connectivity index (χ0v) is 16.2. The Hall–Kier alpha value is -3.48. The summed E-state index contributed by atoms with van der Waals surface area (Å²) in [7, 11) is 3.18. The number of aryl methyl sites for hydroxylation is 2. The van der Waals surface area contributed by atoms with Crippen molar-refractivity contribution >= 4 is 16.7 Å². The first kappa shape index (κ1) is 17.6. The fraction of sp³-hybridized carbons (Fsp3) is 0.273. The highest BCUT2D eigenvalue weighted by Gasteiger charge is 2.32. The smallest absolute Gasteiger partial charge is 0.308 e. The lowest BCUT2D eigenvalue weighted by Gasteiger charge is -2.20. The van der Waals surface area contributed by atoms with Crippen molar-refractivity contribution < 1.29 is 33.4 Å². The molecule has 1 N–H and O–H groups in total. The fourth-order valence-corrected chi connectivity index (χ4v) is 4.34. The fourth-order valence-electron chi connectivity index (χ4n) is 4.34. The number of hydrogen-bond acceptors (Lipinski definition) is 5. The van der Waals surface area contributed by atoms with Crippen LogP contribution in [0.1, 0.15) is 11.1 Å². The summed E-state index contributed by atoms with van der Waals surface area (Å²) in [6.07, 6.45) is 2.73. The van der Waals surface area contributed by atoms with Gasteiger partial charge >= 0.3 is 5.97 Å². The van der Waals surface area contributed by atoms with Crippen molar-refractivity contribution in [2.45, 2.75) is 19.4 Å². The Labute approximate surface area is 167 Å². The molecule has 7 nitrogen and oxygen atoms in total. The molecule has 0 saturated heterocycles. The van der Waals surface area contributed by atoms with Gasteiger partial charge in [0.05, 0.1) is 31.6 Å². The van der Waals surface area contributed by atoms with E-state index in [2.05, 4.69) is 4.57 Å². The summed E-state index contributed by atoms with van der Waals surface area (Å²) >= 11 is 0. The van der Waals surface area contributed by atoms with E-state index in [0.717, 1.165) is 51.9 Å². The second-order valence-corrected chi connectivity index (χ2v) is 7.10. The van der Waals surface area contributed by atoms with E-state index in [1.54, 1.807) is 14.2 Å². The molecule has 3 aromatic rings. The average Bonchev–Trinajstić information content (AvgIpc) is 3.17. The van der Waals surface area contributed by atoms with E-state index in [0.29, 0.717) is 17.2 Å². The van der Waals surface area contributed by atoms with Gasteiger partial charge in [0, 0.05) is 17.4 Å². The average molecular weight is 394 g/mol. The molecule has 0 unspecified atom stereocenters. The maximum Gasteiger partial charge on any atom is 0.308 e. The van der Waals surface area contributed by atoms with Gasteiger partial charge in [-0.25, -0.2) is 0 Å². The number of carboxylic acids is 1. The van der Waals surface area contributed by atoms with Crippen molar-refractivity contribution in [2.24, 2.45) is 0 Å². The van der Waals surface area contributed by atoms with E-state index in [9.17, 15) is 9.90 Å². The number of aliphatic carboxylic acids is 1. The highest BCUT2D eigenvalue weighted by atomic mass is 16.7. The molecule has 29 heavy (non-hydrogen) atoms. The van der Waals surface area contributed by atoms with Crippen LogP contribution in [0.25, 0.3) is 22.0 Å². The number of hydrogen-bond donors (Lipinski definition) is 1. The molecule has 0 spiro atoms. The predicted octanol–water partition coefficient (Wildman–Crippen LogP) is 2.72.